The van der Waals surface area contributed by atoms with Crippen LogP contribution in [0.1, 0.15) is 30.1 Å². The van der Waals surface area contributed by atoms with Crippen LogP contribution in [0.2, 0.25) is 0 Å². The van der Waals surface area contributed by atoms with Crippen LogP contribution in [-0.4, -0.2) is 72.3 Å². The lowest BCUT2D eigenvalue weighted by molar-refractivity contribution is -0.133. The molecule has 2 aromatic rings. The standard InChI is InChI=1S/C22H27N5O3S/c1-24-10-4-7-19(24)20-8-5-11-26(20)17-22(28)25-12-14-27(15-13-25)31(29,30)21-9-3-2-6-18(21)16-23/h2-4,6-7,9-10,20H,5,8,11-15,17H2,1H3/t20-/m0/s1. The second-order valence-corrected chi connectivity index (χ2v) is 9.97. The first-order chi connectivity index (χ1) is 14.9. The summed E-state index contributed by atoms with van der Waals surface area (Å²) in [6.07, 6.45) is 4.13. The Kier molecular flexibility index (Phi) is 6.14. The van der Waals surface area contributed by atoms with E-state index in [1.807, 2.05) is 25.4 Å². The molecule has 0 saturated carbocycles. The summed E-state index contributed by atoms with van der Waals surface area (Å²) in [6.45, 7) is 2.41. The number of amides is 1. The van der Waals surface area contributed by atoms with Gasteiger partial charge in [0, 0.05) is 45.1 Å². The summed E-state index contributed by atoms with van der Waals surface area (Å²) in [4.78, 5) is 17.0. The Morgan fingerprint density at radius 3 is 2.52 bits per heavy atom. The van der Waals surface area contributed by atoms with Crippen LogP contribution in [0.15, 0.2) is 47.5 Å². The van der Waals surface area contributed by atoms with Gasteiger partial charge >= 0.3 is 0 Å². The molecule has 2 aliphatic heterocycles. The fourth-order valence-corrected chi connectivity index (χ4v) is 6.11. The van der Waals surface area contributed by atoms with Gasteiger partial charge in [0.1, 0.15) is 6.07 Å². The number of likely N-dealkylation sites (tertiary alicyclic amines) is 1. The highest BCUT2D eigenvalue weighted by atomic mass is 32.2. The number of hydrogen-bond donors (Lipinski definition) is 0. The maximum Gasteiger partial charge on any atom is 0.244 e. The van der Waals surface area contributed by atoms with Gasteiger partial charge in [0.05, 0.1) is 23.0 Å². The Labute approximate surface area is 183 Å². The highest BCUT2D eigenvalue weighted by Crippen LogP contribution is 2.31. The average Bonchev–Trinajstić information content (AvgIpc) is 3.41. The molecule has 2 aliphatic rings. The lowest BCUT2D eigenvalue weighted by Crippen LogP contribution is -2.52. The van der Waals surface area contributed by atoms with Crippen LogP contribution in [-0.2, 0) is 21.9 Å². The van der Waals surface area contributed by atoms with Crippen LogP contribution in [0.25, 0.3) is 0 Å². The third-order valence-electron chi connectivity index (χ3n) is 6.24. The van der Waals surface area contributed by atoms with Gasteiger partial charge in [0.2, 0.25) is 15.9 Å². The zero-order chi connectivity index (χ0) is 22.0. The molecule has 0 aliphatic carbocycles. The van der Waals surface area contributed by atoms with Crippen LogP contribution in [0, 0.1) is 11.3 Å². The number of carbonyl (C=O) groups excluding carboxylic acids is 1. The zero-order valence-electron chi connectivity index (χ0n) is 17.6. The van der Waals surface area contributed by atoms with E-state index in [4.69, 9.17) is 0 Å². The number of nitrogens with zero attached hydrogens (tertiary/aromatic N) is 5. The maximum absolute atomic E-state index is 13.0. The smallest absolute Gasteiger partial charge is 0.244 e. The van der Waals surface area contributed by atoms with Crippen molar-refractivity contribution in [2.45, 2.75) is 23.8 Å². The van der Waals surface area contributed by atoms with Crippen molar-refractivity contribution in [1.82, 2.24) is 18.7 Å². The molecular formula is C22H27N5O3S. The summed E-state index contributed by atoms with van der Waals surface area (Å²) in [5.41, 5.74) is 1.36. The molecule has 3 heterocycles. The SMILES string of the molecule is Cn1cccc1[C@@H]1CCCN1CC(=O)N1CCN(S(=O)(=O)c2ccccc2C#N)CC1. The van der Waals surface area contributed by atoms with Crippen molar-refractivity contribution in [3.63, 3.8) is 0 Å². The van der Waals surface area contributed by atoms with E-state index in [1.54, 1.807) is 17.0 Å². The molecule has 0 spiro atoms. The Morgan fingerprint density at radius 2 is 1.84 bits per heavy atom. The first-order valence-corrected chi connectivity index (χ1v) is 12.0. The summed E-state index contributed by atoms with van der Waals surface area (Å²) in [7, 11) is -1.73. The van der Waals surface area contributed by atoms with Crippen molar-refractivity contribution in [1.29, 1.82) is 5.26 Å². The molecular weight excluding hydrogens is 414 g/mol. The Hall–Kier alpha value is -2.67. The molecule has 8 nitrogen and oxygen atoms in total. The largest absolute Gasteiger partial charge is 0.353 e. The number of carbonyl (C=O) groups is 1. The predicted octanol–water partition coefficient (Wildman–Crippen LogP) is 1.57. The van der Waals surface area contributed by atoms with Gasteiger partial charge in [-0.3, -0.25) is 9.69 Å². The third kappa shape index (κ3) is 4.24. The minimum Gasteiger partial charge on any atom is -0.353 e. The highest BCUT2D eigenvalue weighted by Gasteiger charge is 2.34. The van der Waals surface area contributed by atoms with Gasteiger partial charge < -0.3 is 9.47 Å². The minimum absolute atomic E-state index is 0.0275. The number of rotatable bonds is 5. The molecule has 4 rings (SSSR count). The lowest BCUT2D eigenvalue weighted by Gasteiger charge is -2.35. The monoisotopic (exact) mass is 441 g/mol. The van der Waals surface area contributed by atoms with E-state index >= 15 is 0 Å². The number of benzene rings is 1. The number of hydrogen-bond acceptors (Lipinski definition) is 5. The van der Waals surface area contributed by atoms with Gasteiger partial charge in [0.15, 0.2) is 0 Å². The second kappa shape index (κ2) is 8.83. The fraction of sp³-hybridized carbons (Fsp3) is 0.455. The van der Waals surface area contributed by atoms with E-state index in [2.05, 4.69) is 15.5 Å². The van der Waals surface area contributed by atoms with E-state index in [-0.39, 0.29) is 35.5 Å². The molecule has 1 aromatic carbocycles. The van der Waals surface area contributed by atoms with Crippen molar-refractivity contribution >= 4 is 15.9 Å². The fourth-order valence-electron chi connectivity index (χ4n) is 4.55. The molecule has 0 N–H and O–H groups in total. The molecule has 0 unspecified atom stereocenters. The summed E-state index contributed by atoms with van der Waals surface area (Å²) in [5.74, 6) is 0.0376. The Bertz CT molecular complexity index is 1100. The molecule has 0 bridgehead atoms. The van der Waals surface area contributed by atoms with Crippen LogP contribution in [0.5, 0.6) is 0 Å². The van der Waals surface area contributed by atoms with E-state index in [0.29, 0.717) is 19.6 Å². The molecule has 1 amide bonds. The summed E-state index contributed by atoms with van der Waals surface area (Å²) >= 11 is 0. The summed E-state index contributed by atoms with van der Waals surface area (Å²) in [5, 5.41) is 9.25. The van der Waals surface area contributed by atoms with Gasteiger partial charge in [-0.15, -0.1) is 0 Å². The summed E-state index contributed by atoms with van der Waals surface area (Å²) < 4.78 is 29.5. The van der Waals surface area contributed by atoms with Crippen LogP contribution >= 0.6 is 0 Å². The van der Waals surface area contributed by atoms with Gasteiger partial charge in [-0.25, -0.2) is 8.42 Å². The second-order valence-electron chi connectivity index (χ2n) is 8.07. The van der Waals surface area contributed by atoms with Crippen LogP contribution < -0.4 is 0 Å². The molecule has 9 heteroatoms. The molecule has 164 valence electrons. The first kappa shape index (κ1) is 21.6. The summed E-state index contributed by atoms with van der Waals surface area (Å²) in [6, 6.07) is 12.6. The highest BCUT2D eigenvalue weighted by molar-refractivity contribution is 7.89. The van der Waals surface area contributed by atoms with Gasteiger partial charge in [-0.1, -0.05) is 12.1 Å². The van der Waals surface area contributed by atoms with Crippen molar-refractivity contribution in [2.75, 3.05) is 39.3 Å². The lowest BCUT2D eigenvalue weighted by atomic mass is 10.1. The average molecular weight is 442 g/mol. The Morgan fingerprint density at radius 1 is 1.10 bits per heavy atom. The van der Waals surface area contributed by atoms with E-state index < -0.39 is 10.0 Å². The maximum atomic E-state index is 13.0. The number of piperazine rings is 1. The molecule has 31 heavy (non-hydrogen) atoms. The number of aryl methyl sites for hydroxylation is 1. The van der Waals surface area contributed by atoms with E-state index in [9.17, 15) is 18.5 Å². The molecule has 1 atom stereocenters. The number of sulfonamides is 1. The van der Waals surface area contributed by atoms with Crippen molar-refractivity contribution < 1.29 is 13.2 Å². The van der Waals surface area contributed by atoms with Gasteiger partial charge in [0.25, 0.3) is 0 Å². The normalized spacial score (nSPS) is 20.6. The number of nitriles is 1. The quantitative estimate of drug-likeness (QED) is 0.703. The topological polar surface area (TPSA) is 89.7 Å². The van der Waals surface area contributed by atoms with Gasteiger partial charge in [-0.05, 0) is 43.7 Å². The van der Waals surface area contributed by atoms with Crippen LogP contribution in [0.3, 0.4) is 0 Å². The van der Waals surface area contributed by atoms with E-state index in [0.717, 1.165) is 19.4 Å². The minimum atomic E-state index is -3.76. The molecule has 2 fully saturated rings. The third-order valence-corrected chi connectivity index (χ3v) is 8.20. The first-order valence-electron chi connectivity index (χ1n) is 10.5. The van der Waals surface area contributed by atoms with Crippen molar-refractivity contribution in [3.8, 4) is 6.07 Å². The van der Waals surface area contributed by atoms with Crippen LogP contribution in [0.4, 0.5) is 0 Å². The zero-order valence-corrected chi connectivity index (χ0v) is 18.5. The van der Waals surface area contributed by atoms with E-state index in [1.165, 1.54) is 22.1 Å². The van der Waals surface area contributed by atoms with Crippen molar-refractivity contribution in [2.24, 2.45) is 7.05 Å². The molecule has 1 aromatic heterocycles. The Balaban J connectivity index is 1.38. The van der Waals surface area contributed by atoms with Crippen molar-refractivity contribution in [3.05, 3.63) is 53.9 Å². The predicted molar refractivity (Wildman–Crippen MR) is 115 cm³/mol. The molecule has 0 radical (unpaired) electrons. The number of aromatic nitrogens is 1. The van der Waals surface area contributed by atoms with Gasteiger partial charge in [-0.2, -0.15) is 9.57 Å². The molecule has 2 saturated heterocycles.